The maximum atomic E-state index is 6.19. The molecule has 1 fully saturated rings. The summed E-state index contributed by atoms with van der Waals surface area (Å²) in [7, 11) is 0. The van der Waals surface area contributed by atoms with Gasteiger partial charge in [0, 0.05) is 24.5 Å². The summed E-state index contributed by atoms with van der Waals surface area (Å²) >= 11 is 0. The second-order valence-corrected chi connectivity index (χ2v) is 5.28. The van der Waals surface area contributed by atoms with Crippen LogP contribution >= 0.6 is 0 Å². The van der Waals surface area contributed by atoms with Crippen molar-refractivity contribution < 1.29 is 0 Å². The number of nitrogens with two attached hydrogens (primary N) is 1. The highest BCUT2D eigenvalue weighted by atomic mass is 15.0. The summed E-state index contributed by atoms with van der Waals surface area (Å²) in [6.07, 6.45) is 1.23. The van der Waals surface area contributed by atoms with E-state index in [1.807, 2.05) is 18.2 Å². The second kappa shape index (κ2) is 5.55. The van der Waals surface area contributed by atoms with Gasteiger partial charge in [-0.3, -0.25) is 0 Å². The monoisotopic (exact) mass is 252 g/mol. The molecule has 0 aromatic heterocycles. The van der Waals surface area contributed by atoms with Gasteiger partial charge in [0.15, 0.2) is 0 Å². The molecule has 0 amide bonds. The smallest absolute Gasteiger partial charge is 0.0421 e. The lowest BCUT2D eigenvalue weighted by Gasteiger charge is -2.13. The summed E-state index contributed by atoms with van der Waals surface area (Å²) in [5, 5.41) is 3.58. The Morgan fingerprint density at radius 2 is 1.63 bits per heavy atom. The zero-order valence-electron chi connectivity index (χ0n) is 11.0. The molecule has 0 bridgehead atoms. The van der Waals surface area contributed by atoms with Gasteiger partial charge in [0.1, 0.15) is 0 Å². The first-order chi connectivity index (χ1) is 9.34. The Morgan fingerprint density at radius 3 is 2.32 bits per heavy atom. The van der Waals surface area contributed by atoms with Gasteiger partial charge in [-0.1, -0.05) is 60.7 Å². The van der Waals surface area contributed by atoms with Crippen molar-refractivity contribution >= 4 is 0 Å². The van der Waals surface area contributed by atoms with E-state index >= 15 is 0 Å². The Hall–Kier alpha value is -1.64. The van der Waals surface area contributed by atoms with Crippen molar-refractivity contribution in [3.63, 3.8) is 0 Å². The number of nitrogens with one attached hydrogen (secondary N) is 1. The van der Waals surface area contributed by atoms with Crippen LogP contribution in [0.1, 0.15) is 29.5 Å². The van der Waals surface area contributed by atoms with Crippen LogP contribution in [-0.2, 0) is 0 Å². The van der Waals surface area contributed by atoms with Crippen LogP contribution in [0.25, 0.3) is 0 Å². The van der Waals surface area contributed by atoms with Gasteiger partial charge < -0.3 is 11.1 Å². The van der Waals surface area contributed by atoms with Crippen LogP contribution in [0.15, 0.2) is 60.7 Å². The lowest BCUT2D eigenvalue weighted by Crippen LogP contribution is -2.29. The minimum absolute atomic E-state index is 0.0817. The molecule has 2 aromatic carbocycles. The molecule has 98 valence electrons. The minimum atomic E-state index is 0.0817. The van der Waals surface area contributed by atoms with Gasteiger partial charge in [-0.25, -0.2) is 0 Å². The van der Waals surface area contributed by atoms with Crippen molar-refractivity contribution in [3.8, 4) is 0 Å². The summed E-state index contributed by atoms with van der Waals surface area (Å²) in [6, 6.07) is 21.7. The maximum absolute atomic E-state index is 6.19. The lowest BCUT2D eigenvalue weighted by atomic mass is 10.1. The fraction of sp³-hybridized carbons (Fsp3) is 0.294. The molecule has 2 aromatic rings. The summed E-state index contributed by atoms with van der Waals surface area (Å²) in [4.78, 5) is 0. The molecule has 3 atom stereocenters. The summed E-state index contributed by atoms with van der Waals surface area (Å²) in [5.41, 5.74) is 8.83. The van der Waals surface area contributed by atoms with E-state index in [1.54, 1.807) is 0 Å². The van der Waals surface area contributed by atoms with Crippen LogP contribution in [0.4, 0.5) is 0 Å². The molecule has 19 heavy (non-hydrogen) atoms. The van der Waals surface area contributed by atoms with Crippen molar-refractivity contribution in [2.45, 2.75) is 24.4 Å². The van der Waals surface area contributed by atoms with Crippen molar-refractivity contribution in [1.29, 1.82) is 0 Å². The van der Waals surface area contributed by atoms with E-state index in [0.717, 1.165) is 6.54 Å². The Labute approximate surface area is 114 Å². The molecule has 1 aliphatic rings. The highest BCUT2D eigenvalue weighted by Gasteiger charge is 2.37. The zero-order chi connectivity index (χ0) is 13.1. The Morgan fingerprint density at radius 1 is 1.00 bits per heavy atom. The van der Waals surface area contributed by atoms with Gasteiger partial charge in [0.2, 0.25) is 0 Å². The maximum Gasteiger partial charge on any atom is 0.0421 e. The molecule has 1 saturated carbocycles. The Kier molecular flexibility index (Phi) is 3.62. The van der Waals surface area contributed by atoms with Crippen molar-refractivity contribution in [1.82, 2.24) is 5.32 Å². The molecule has 0 aliphatic heterocycles. The van der Waals surface area contributed by atoms with Gasteiger partial charge in [0.25, 0.3) is 0 Å². The Balaban J connectivity index is 1.50. The van der Waals surface area contributed by atoms with Crippen molar-refractivity contribution in [2.24, 2.45) is 5.73 Å². The van der Waals surface area contributed by atoms with E-state index in [-0.39, 0.29) is 6.04 Å². The van der Waals surface area contributed by atoms with Gasteiger partial charge in [-0.05, 0) is 17.5 Å². The number of hydrogen-bond acceptors (Lipinski definition) is 2. The predicted octanol–water partition coefficient (Wildman–Crippen LogP) is 2.83. The number of benzene rings is 2. The molecule has 0 spiro atoms. The van der Waals surface area contributed by atoms with Crippen LogP contribution in [0.3, 0.4) is 0 Å². The molecule has 3 rings (SSSR count). The Bertz CT molecular complexity index is 509. The first-order valence-electron chi connectivity index (χ1n) is 6.93. The molecule has 0 radical (unpaired) electrons. The average molecular weight is 252 g/mol. The summed E-state index contributed by atoms with van der Waals surface area (Å²) in [6.45, 7) is 0.845. The van der Waals surface area contributed by atoms with E-state index in [4.69, 9.17) is 5.73 Å². The zero-order valence-corrected chi connectivity index (χ0v) is 11.0. The minimum Gasteiger partial charge on any atom is -0.323 e. The molecule has 3 unspecified atom stereocenters. The highest BCUT2D eigenvalue weighted by Crippen LogP contribution is 2.40. The fourth-order valence-corrected chi connectivity index (χ4v) is 2.59. The van der Waals surface area contributed by atoms with E-state index < -0.39 is 0 Å². The molecular weight excluding hydrogens is 232 g/mol. The van der Waals surface area contributed by atoms with E-state index in [1.165, 1.54) is 17.5 Å². The van der Waals surface area contributed by atoms with Crippen molar-refractivity contribution in [3.05, 3.63) is 71.8 Å². The third-order valence-corrected chi connectivity index (χ3v) is 3.85. The molecule has 2 nitrogen and oxygen atoms in total. The average Bonchev–Trinajstić information content (AvgIpc) is 3.26. The molecule has 0 saturated heterocycles. The summed E-state index contributed by atoms with van der Waals surface area (Å²) < 4.78 is 0. The first kappa shape index (κ1) is 12.4. The van der Waals surface area contributed by atoms with E-state index in [9.17, 15) is 0 Å². The molecule has 3 N–H and O–H groups in total. The van der Waals surface area contributed by atoms with Crippen LogP contribution in [0.2, 0.25) is 0 Å². The van der Waals surface area contributed by atoms with E-state index in [0.29, 0.717) is 12.0 Å². The van der Waals surface area contributed by atoms with Gasteiger partial charge in [-0.2, -0.15) is 0 Å². The van der Waals surface area contributed by atoms with Gasteiger partial charge >= 0.3 is 0 Å². The van der Waals surface area contributed by atoms with Crippen LogP contribution in [0.5, 0.6) is 0 Å². The highest BCUT2D eigenvalue weighted by molar-refractivity contribution is 5.28. The second-order valence-electron chi connectivity index (χ2n) is 5.28. The van der Waals surface area contributed by atoms with Gasteiger partial charge in [0.05, 0.1) is 0 Å². The van der Waals surface area contributed by atoms with Gasteiger partial charge in [-0.15, -0.1) is 0 Å². The standard InChI is InChI=1S/C17H20N2/c18-16(14-9-5-2-6-10-14)12-19-17-11-15(17)13-7-3-1-4-8-13/h1-10,15-17,19H,11-12,18H2. The lowest BCUT2D eigenvalue weighted by molar-refractivity contribution is 0.588. The molecule has 0 heterocycles. The number of rotatable bonds is 5. The quantitative estimate of drug-likeness (QED) is 0.858. The SMILES string of the molecule is NC(CNC1CC1c1ccccc1)c1ccccc1. The normalized spacial score (nSPS) is 23.0. The molecule has 1 aliphatic carbocycles. The first-order valence-corrected chi connectivity index (χ1v) is 6.93. The topological polar surface area (TPSA) is 38.0 Å². The number of hydrogen-bond donors (Lipinski definition) is 2. The largest absolute Gasteiger partial charge is 0.323 e. The van der Waals surface area contributed by atoms with Crippen LogP contribution in [-0.4, -0.2) is 12.6 Å². The predicted molar refractivity (Wildman–Crippen MR) is 79.0 cm³/mol. The third-order valence-electron chi connectivity index (χ3n) is 3.85. The fourth-order valence-electron chi connectivity index (χ4n) is 2.59. The third kappa shape index (κ3) is 3.03. The molecular formula is C17H20N2. The van der Waals surface area contributed by atoms with Crippen molar-refractivity contribution in [2.75, 3.05) is 6.54 Å². The molecule has 2 heteroatoms. The van der Waals surface area contributed by atoms with Crippen LogP contribution < -0.4 is 11.1 Å². The van der Waals surface area contributed by atoms with Crippen LogP contribution in [0, 0.1) is 0 Å². The van der Waals surface area contributed by atoms with E-state index in [2.05, 4.69) is 47.8 Å². The summed E-state index contributed by atoms with van der Waals surface area (Å²) in [5.74, 6) is 0.671.